The molecule has 2 aromatic rings. The number of unbranched alkanes of at least 4 members (excludes halogenated alkanes) is 1. The molecule has 1 saturated heterocycles. The van der Waals surface area contributed by atoms with Crippen molar-refractivity contribution in [3.63, 3.8) is 0 Å². The van der Waals surface area contributed by atoms with E-state index in [1.165, 1.54) is 0 Å². The highest BCUT2D eigenvalue weighted by Gasteiger charge is 2.24. The van der Waals surface area contributed by atoms with Crippen LogP contribution in [0.15, 0.2) is 48.5 Å². The van der Waals surface area contributed by atoms with Crippen molar-refractivity contribution in [2.75, 3.05) is 43.0 Å². The molecule has 0 spiro atoms. The zero-order valence-electron chi connectivity index (χ0n) is 18.8. The summed E-state index contributed by atoms with van der Waals surface area (Å²) < 4.78 is 5.11. The molecule has 3 rings (SSSR count). The molecule has 1 aliphatic heterocycles. The van der Waals surface area contributed by atoms with Crippen LogP contribution in [0, 0.1) is 0 Å². The van der Waals surface area contributed by atoms with Gasteiger partial charge in [-0.1, -0.05) is 31.5 Å². The molecule has 1 aliphatic rings. The van der Waals surface area contributed by atoms with Gasteiger partial charge in [-0.2, -0.15) is 0 Å². The summed E-state index contributed by atoms with van der Waals surface area (Å²) in [5.41, 5.74) is 2.53. The molecule has 0 aromatic heterocycles. The monoisotopic (exact) mass is 437 g/mol. The van der Waals surface area contributed by atoms with E-state index in [1.807, 2.05) is 48.2 Å². The summed E-state index contributed by atoms with van der Waals surface area (Å²) in [6, 6.07) is 14.5. The van der Waals surface area contributed by atoms with Crippen molar-refractivity contribution in [3.05, 3.63) is 59.7 Å². The Bertz CT molecular complexity index is 937. The minimum atomic E-state index is -0.415. The van der Waals surface area contributed by atoms with E-state index in [1.54, 1.807) is 19.1 Å². The number of esters is 1. The molecule has 0 aliphatic carbocycles. The van der Waals surface area contributed by atoms with Gasteiger partial charge >= 0.3 is 5.97 Å². The van der Waals surface area contributed by atoms with Gasteiger partial charge in [-0.05, 0) is 43.7 Å². The summed E-state index contributed by atoms with van der Waals surface area (Å²) in [6.07, 6.45) is 2.17. The van der Waals surface area contributed by atoms with Gasteiger partial charge in [-0.25, -0.2) is 4.79 Å². The molecule has 2 amide bonds. The molecular weight excluding hydrogens is 406 g/mol. The van der Waals surface area contributed by atoms with Crippen LogP contribution in [0.2, 0.25) is 0 Å². The smallest absolute Gasteiger partial charge is 0.338 e. The van der Waals surface area contributed by atoms with E-state index in [9.17, 15) is 14.4 Å². The molecule has 0 atom stereocenters. The van der Waals surface area contributed by atoms with Crippen molar-refractivity contribution in [1.29, 1.82) is 0 Å². The quantitative estimate of drug-likeness (QED) is 0.633. The Balaban J connectivity index is 1.75. The largest absolute Gasteiger partial charge is 0.462 e. The van der Waals surface area contributed by atoms with Gasteiger partial charge in [0.25, 0.3) is 5.91 Å². The lowest BCUT2D eigenvalue weighted by Crippen LogP contribution is -2.49. The number of nitrogens with one attached hydrogen (secondary N) is 1. The molecule has 2 aromatic carbocycles. The molecule has 1 N–H and O–H groups in total. The number of anilines is 2. The maximum Gasteiger partial charge on any atom is 0.338 e. The van der Waals surface area contributed by atoms with E-state index < -0.39 is 5.97 Å². The van der Waals surface area contributed by atoms with Gasteiger partial charge in [0, 0.05) is 38.2 Å². The summed E-state index contributed by atoms with van der Waals surface area (Å²) in [6.45, 7) is 6.51. The normalized spacial score (nSPS) is 13.6. The van der Waals surface area contributed by atoms with E-state index in [2.05, 4.69) is 10.2 Å². The van der Waals surface area contributed by atoms with Crippen LogP contribution in [0.5, 0.6) is 0 Å². The van der Waals surface area contributed by atoms with E-state index in [0.29, 0.717) is 49.4 Å². The Kier molecular flexibility index (Phi) is 8.25. The third-order valence-electron chi connectivity index (χ3n) is 5.47. The number of hydrogen-bond acceptors (Lipinski definition) is 5. The first-order valence-electron chi connectivity index (χ1n) is 11.2. The SMILES string of the molecule is CCCCC(=O)Nc1cc(C(=O)OCC)ccc1N1CCN(C(=O)c2ccccc2)CC1. The van der Waals surface area contributed by atoms with Crippen LogP contribution in [0.25, 0.3) is 0 Å². The first-order valence-corrected chi connectivity index (χ1v) is 11.2. The fraction of sp³-hybridized carbons (Fsp3) is 0.400. The van der Waals surface area contributed by atoms with Crippen LogP contribution in [-0.4, -0.2) is 55.5 Å². The number of ether oxygens (including phenoxy) is 1. The van der Waals surface area contributed by atoms with Gasteiger partial charge in [0.2, 0.25) is 5.91 Å². The maximum atomic E-state index is 12.7. The van der Waals surface area contributed by atoms with Crippen molar-refractivity contribution in [1.82, 2.24) is 4.90 Å². The molecule has 0 unspecified atom stereocenters. The fourth-order valence-corrected chi connectivity index (χ4v) is 3.72. The zero-order chi connectivity index (χ0) is 22.9. The van der Waals surface area contributed by atoms with Gasteiger partial charge in [0.15, 0.2) is 0 Å². The van der Waals surface area contributed by atoms with Crippen LogP contribution in [-0.2, 0) is 9.53 Å². The van der Waals surface area contributed by atoms with Crippen molar-refractivity contribution < 1.29 is 19.1 Å². The summed E-state index contributed by atoms with van der Waals surface area (Å²) in [4.78, 5) is 41.3. The van der Waals surface area contributed by atoms with Crippen molar-refractivity contribution in [3.8, 4) is 0 Å². The number of carbonyl (C=O) groups is 3. The molecule has 0 radical (unpaired) electrons. The Hall–Kier alpha value is -3.35. The number of amides is 2. The third-order valence-corrected chi connectivity index (χ3v) is 5.47. The van der Waals surface area contributed by atoms with E-state index >= 15 is 0 Å². The topological polar surface area (TPSA) is 79.0 Å². The molecule has 32 heavy (non-hydrogen) atoms. The Morgan fingerprint density at radius 2 is 1.66 bits per heavy atom. The fourth-order valence-electron chi connectivity index (χ4n) is 3.72. The lowest BCUT2D eigenvalue weighted by atomic mass is 10.1. The number of rotatable bonds is 8. The van der Waals surface area contributed by atoms with Gasteiger partial charge in [-0.3, -0.25) is 9.59 Å². The summed E-state index contributed by atoms with van der Waals surface area (Å²) in [5.74, 6) is -0.468. The highest BCUT2D eigenvalue weighted by atomic mass is 16.5. The lowest BCUT2D eigenvalue weighted by molar-refractivity contribution is -0.116. The number of carbonyl (C=O) groups excluding carboxylic acids is 3. The number of hydrogen-bond donors (Lipinski definition) is 1. The number of benzene rings is 2. The van der Waals surface area contributed by atoms with Gasteiger partial charge in [0.1, 0.15) is 0 Å². The molecule has 1 fully saturated rings. The minimum absolute atomic E-state index is 0.0241. The molecule has 1 heterocycles. The predicted molar refractivity (Wildman–Crippen MR) is 125 cm³/mol. The van der Waals surface area contributed by atoms with E-state index in [4.69, 9.17) is 4.74 Å². The molecule has 7 heteroatoms. The Labute approximate surface area is 189 Å². The maximum absolute atomic E-state index is 12.7. The van der Waals surface area contributed by atoms with E-state index in [0.717, 1.165) is 18.5 Å². The molecule has 0 saturated carbocycles. The third kappa shape index (κ3) is 5.87. The van der Waals surface area contributed by atoms with Crippen LogP contribution < -0.4 is 10.2 Å². The molecular formula is C25H31N3O4. The lowest BCUT2D eigenvalue weighted by Gasteiger charge is -2.37. The number of nitrogens with zero attached hydrogens (tertiary/aromatic N) is 2. The average Bonchev–Trinajstić information content (AvgIpc) is 2.83. The minimum Gasteiger partial charge on any atom is -0.462 e. The summed E-state index contributed by atoms with van der Waals surface area (Å²) in [5, 5.41) is 2.97. The van der Waals surface area contributed by atoms with Crippen molar-refractivity contribution in [2.24, 2.45) is 0 Å². The standard InChI is InChI=1S/C25H31N3O4/c1-3-5-11-23(29)26-21-18-20(25(31)32-4-2)12-13-22(21)27-14-16-28(17-15-27)24(30)19-9-7-6-8-10-19/h6-10,12-13,18H,3-5,11,14-17H2,1-2H3,(H,26,29). The summed E-state index contributed by atoms with van der Waals surface area (Å²) in [7, 11) is 0. The Morgan fingerprint density at radius 1 is 0.938 bits per heavy atom. The zero-order valence-corrected chi connectivity index (χ0v) is 18.8. The molecule has 170 valence electrons. The van der Waals surface area contributed by atoms with Gasteiger partial charge in [-0.15, -0.1) is 0 Å². The van der Waals surface area contributed by atoms with Crippen LogP contribution in [0.1, 0.15) is 53.8 Å². The second-order valence-electron chi connectivity index (χ2n) is 7.75. The van der Waals surface area contributed by atoms with Crippen LogP contribution in [0.3, 0.4) is 0 Å². The number of piperazine rings is 1. The van der Waals surface area contributed by atoms with Crippen molar-refractivity contribution >= 4 is 29.2 Å². The highest BCUT2D eigenvalue weighted by Crippen LogP contribution is 2.29. The van der Waals surface area contributed by atoms with Crippen molar-refractivity contribution in [2.45, 2.75) is 33.1 Å². The molecule has 0 bridgehead atoms. The van der Waals surface area contributed by atoms with Gasteiger partial charge < -0.3 is 19.9 Å². The average molecular weight is 438 g/mol. The highest BCUT2D eigenvalue weighted by molar-refractivity contribution is 5.98. The Morgan fingerprint density at radius 3 is 2.31 bits per heavy atom. The predicted octanol–water partition coefficient (Wildman–Crippen LogP) is 3.95. The molecule has 7 nitrogen and oxygen atoms in total. The van der Waals surface area contributed by atoms with Gasteiger partial charge in [0.05, 0.1) is 23.5 Å². The van der Waals surface area contributed by atoms with Crippen LogP contribution >= 0.6 is 0 Å². The van der Waals surface area contributed by atoms with E-state index in [-0.39, 0.29) is 18.4 Å². The first-order chi connectivity index (χ1) is 15.5. The second kappa shape index (κ2) is 11.3. The second-order valence-corrected chi connectivity index (χ2v) is 7.75. The van der Waals surface area contributed by atoms with Crippen LogP contribution in [0.4, 0.5) is 11.4 Å². The summed E-state index contributed by atoms with van der Waals surface area (Å²) >= 11 is 0. The first kappa shape index (κ1) is 23.3.